The van der Waals surface area contributed by atoms with E-state index in [1.54, 1.807) is 12.4 Å². The van der Waals surface area contributed by atoms with Crippen molar-refractivity contribution >= 4 is 43.4 Å². The van der Waals surface area contributed by atoms with Crippen molar-refractivity contribution in [3.05, 3.63) is 34.2 Å². The van der Waals surface area contributed by atoms with Crippen LogP contribution < -0.4 is 4.87 Å². The van der Waals surface area contributed by atoms with Crippen molar-refractivity contribution in [2.45, 2.75) is 31.0 Å². The van der Waals surface area contributed by atoms with Crippen molar-refractivity contribution in [1.29, 1.82) is 0 Å². The van der Waals surface area contributed by atoms with E-state index in [4.69, 9.17) is 4.74 Å². The SMILES string of the molecule is C[C@@]1(O)[C@H](O)[C@@H](CO)O[C@H]1n1cc2ccc3sc(=O)[nH]c4ncc(c2n1)c43. The topological polar surface area (TPSA) is 133 Å². The predicted octanol–water partition coefficient (Wildman–Crippen LogP) is 0.489. The maximum Gasteiger partial charge on any atom is 0.306 e. The molecule has 3 aromatic heterocycles. The van der Waals surface area contributed by atoms with E-state index in [9.17, 15) is 20.1 Å². The minimum absolute atomic E-state index is 0.184. The third-order valence-corrected chi connectivity index (χ3v) is 5.95. The largest absolute Gasteiger partial charge is 0.394 e. The standard InChI is InChI=1S/C17H16N4O5S/c1-17(25)13(23)9(6-22)26-15(17)21-5-7-2-3-10-11-8(12(7)20-21)4-18-14(11)19-16(24)27-10/h2-5,9,13,15,22-23,25H,6H2,1H3,(H,18,19,24)/t9-,13-,15-,17-/m1/s1. The van der Waals surface area contributed by atoms with E-state index in [2.05, 4.69) is 15.1 Å². The lowest BCUT2D eigenvalue weighted by atomic mass is 9.97. The molecule has 9 nitrogen and oxygen atoms in total. The number of rotatable bonds is 2. The third kappa shape index (κ3) is 2.28. The second-order valence-corrected chi connectivity index (χ2v) is 7.92. The van der Waals surface area contributed by atoms with Gasteiger partial charge in [-0.15, -0.1) is 0 Å². The monoisotopic (exact) mass is 388 g/mol. The van der Waals surface area contributed by atoms with Gasteiger partial charge in [-0.2, -0.15) is 5.10 Å². The Labute approximate surface area is 155 Å². The number of fused-ring (bicyclic) bond motifs is 2. The first kappa shape index (κ1) is 16.8. The van der Waals surface area contributed by atoms with Crippen LogP contribution in [0.15, 0.2) is 29.3 Å². The number of aromatic nitrogens is 4. The number of nitrogens with one attached hydrogen (secondary N) is 1. The maximum atomic E-state index is 11.8. The molecule has 1 fully saturated rings. The summed E-state index contributed by atoms with van der Waals surface area (Å²) in [6, 6.07) is 3.68. The molecule has 5 rings (SSSR count). The van der Waals surface area contributed by atoms with Crippen LogP contribution in [0.25, 0.3) is 32.0 Å². The van der Waals surface area contributed by atoms with Crippen LogP contribution in [-0.2, 0) is 4.74 Å². The summed E-state index contributed by atoms with van der Waals surface area (Å²) in [6.45, 7) is 1.04. The van der Waals surface area contributed by atoms with Gasteiger partial charge in [-0.25, -0.2) is 9.67 Å². The summed E-state index contributed by atoms with van der Waals surface area (Å²) in [5.74, 6) is 0. The zero-order valence-corrected chi connectivity index (χ0v) is 15.0. The lowest BCUT2D eigenvalue weighted by Gasteiger charge is -2.26. The van der Waals surface area contributed by atoms with Gasteiger partial charge in [-0.05, 0) is 19.1 Å². The summed E-state index contributed by atoms with van der Waals surface area (Å²) in [6.07, 6.45) is 0.255. The third-order valence-electron chi connectivity index (χ3n) is 5.10. The summed E-state index contributed by atoms with van der Waals surface area (Å²) in [5.41, 5.74) is -0.490. The number of ether oxygens (including phenoxy) is 1. The molecule has 0 bridgehead atoms. The van der Waals surface area contributed by atoms with Crippen LogP contribution in [-0.4, -0.2) is 59.5 Å². The fourth-order valence-electron chi connectivity index (χ4n) is 3.70. The van der Waals surface area contributed by atoms with E-state index < -0.39 is 30.6 Å². The van der Waals surface area contributed by atoms with Gasteiger partial charge in [0.2, 0.25) is 0 Å². The highest BCUT2D eigenvalue weighted by Gasteiger charge is 2.53. The molecule has 1 aliphatic rings. The van der Waals surface area contributed by atoms with Crippen molar-refractivity contribution in [2.24, 2.45) is 0 Å². The Bertz CT molecular complexity index is 1240. The second kappa shape index (κ2) is 5.57. The van der Waals surface area contributed by atoms with Gasteiger partial charge >= 0.3 is 4.87 Å². The first-order chi connectivity index (χ1) is 12.9. The van der Waals surface area contributed by atoms with E-state index in [0.717, 1.165) is 32.2 Å². The number of hydrogen-bond donors (Lipinski definition) is 4. The average molecular weight is 388 g/mol. The smallest absolute Gasteiger partial charge is 0.306 e. The Balaban J connectivity index is 1.74. The number of aliphatic hydroxyl groups excluding tert-OH is 2. The lowest BCUT2D eigenvalue weighted by molar-refractivity contribution is -0.102. The molecule has 10 heteroatoms. The van der Waals surface area contributed by atoms with Gasteiger partial charge in [0, 0.05) is 33.3 Å². The Morgan fingerprint density at radius 2 is 2.26 bits per heavy atom. The summed E-state index contributed by atoms with van der Waals surface area (Å²) < 4.78 is 7.89. The Morgan fingerprint density at radius 1 is 1.44 bits per heavy atom. The molecule has 4 aromatic rings. The summed E-state index contributed by atoms with van der Waals surface area (Å²) in [4.78, 5) is 18.6. The van der Waals surface area contributed by atoms with Gasteiger partial charge in [-0.3, -0.25) is 9.78 Å². The van der Waals surface area contributed by atoms with Crippen LogP contribution in [0.1, 0.15) is 13.2 Å². The molecule has 1 saturated heterocycles. The van der Waals surface area contributed by atoms with E-state index in [1.807, 2.05) is 12.1 Å². The number of hydrogen-bond acceptors (Lipinski definition) is 8. The van der Waals surface area contributed by atoms with E-state index in [1.165, 1.54) is 11.6 Å². The molecule has 1 aliphatic heterocycles. The second-order valence-electron chi connectivity index (χ2n) is 6.90. The van der Waals surface area contributed by atoms with E-state index in [0.29, 0.717) is 11.2 Å². The molecule has 0 spiro atoms. The molecular weight excluding hydrogens is 372 g/mol. The summed E-state index contributed by atoms with van der Waals surface area (Å²) in [5, 5.41) is 37.2. The number of H-pyrrole nitrogens is 1. The quantitative estimate of drug-likeness (QED) is 0.393. The highest BCUT2D eigenvalue weighted by atomic mass is 32.1. The molecule has 0 unspecified atom stereocenters. The van der Waals surface area contributed by atoms with Crippen LogP contribution in [0.3, 0.4) is 0 Å². The lowest BCUT2D eigenvalue weighted by Crippen LogP contribution is -2.44. The fraction of sp³-hybridized carbons (Fsp3) is 0.353. The first-order valence-electron chi connectivity index (χ1n) is 8.36. The molecule has 0 amide bonds. The molecule has 1 aromatic carbocycles. The molecule has 4 heterocycles. The predicted molar refractivity (Wildman–Crippen MR) is 98.7 cm³/mol. The highest BCUT2D eigenvalue weighted by Crippen LogP contribution is 2.39. The molecule has 0 aliphatic carbocycles. The van der Waals surface area contributed by atoms with Crippen molar-refractivity contribution < 1.29 is 20.1 Å². The Kier molecular flexibility index (Phi) is 3.46. The molecule has 4 N–H and O–H groups in total. The normalized spacial score (nSPS) is 28.7. The number of nitrogens with zero attached hydrogens (tertiary/aromatic N) is 3. The van der Waals surface area contributed by atoms with Gasteiger partial charge in [-0.1, -0.05) is 11.3 Å². The maximum absolute atomic E-state index is 11.8. The van der Waals surface area contributed by atoms with Crippen molar-refractivity contribution in [3.63, 3.8) is 0 Å². The van der Waals surface area contributed by atoms with Crippen LogP contribution in [0, 0.1) is 0 Å². The van der Waals surface area contributed by atoms with Crippen LogP contribution >= 0.6 is 11.3 Å². The minimum atomic E-state index is -1.62. The van der Waals surface area contributed by atoms with Crippen molar-refractivity contribution in [3.8, 4) is 0 Å². The average Bonchev–Trinajstić information content (AvgIpc) is 3.25. The summed E-state index contributed by atoms with van der Waals surface area (Å²) >= 11 is 1.10. The minimum Gasteiger partial charge on any atom is -0.394 e. The molecule has 0 radical (unpaired) electrons. The van der Waals surface area contributed by atoms with Gasteiger partial charge < -0.3 is 20.1 Å². The Hall–Kier alpha value is -2.37. The van der Waals surface area contributed by atoms with Crippen LogP contribution in [0.4, 0.5) is 0 Å². The first-order valence-corrected chi connectivity index (χ1v) is 9.18. The van der Waals surface area contributed by atoms with Crippen LogP contribution in [0.5, 0.6) is 0 Å². The molecular formula is C17H16N4O5S. The van der Waals surface area contributed by atoms with E-state index in [-0.39, 0.29) is 4.87 Å². The number of aromatic amines is 1. The van der Waals surface area contributed by atoms with Gasteiger partial charge in [0.05, 0.1) is 6.61 Å². The fourth-order valence-corrected chi connectivity index (χ4v) is 4.49. The number of aliphatic hydroxyl groups is 3. The van der Waals surface area contributed by atoms with Gasteiger partial charge in [0.25, 0.3) is 0 Å². The van der Waals surface area contributed by atoms with Gasteiger partial charge in [0.15, 0.2) is 6.23 Å². The Morgan fingerprint density at radius 3 is 3.00 bits per heavy atom. The molecule has 27 heavy (non-hydrogen) atoms. The molecule has 4 atom stereocenters. The zero-order valence-electron chi connectivity index (χ0n) is 14.2. The highest BCUT2D eigenvalue weighted by molar-refractivity contribution is 7.16. The van der Waals surface area contributed by atoms with E-state index >= 15 is 0 Å². The van der Waals surface area contributed by atoms with Crippen molar-refractivity contribution in [1.82, 2.24) is 19.7 Å². The summed E-state index contributed by atoms with van der Waals surface area (Å²) in [7, 11) is 0. The molecule has 0 saturated carbocycles. The van der Waals surface area contributed by atoms with Gasteiger partial charge in [0.1, 0.15) is 29.0 Å². The van der Waals surface area contributed by atoms with Crippen molar-refractivity contribution in [2.75, 3.05) is 6.61 Å². The molecule has 140 valence electrons. The van der Waals surface area contributed by atoms with Crippen LogP contribution in [0.2, 0.25) is 0 Å². The zero-order chi connectivity index (χ0) is 18.9.